The van der Waals surface area contributed by atoms with Crippen molar-refractivity contribution < 1.29 is 9.13 Å². The summed E-state index contributed by atoms with van der Waals surface area (Å²) in [6, 6.07) is 4.61. The maximum absolute atomic E-state index is 13.3. The van der Waals surface area contributed by atoms with Crippen LogP contribution in [-0.2, 0) is 4.74 Å². The van der Waals surface area contributed by atoms with Gasteiger partial charge in [0.2, 0.25) is 0 Å². The average molecular weight is 258 g/mol. The smallest absolute Gasteiger partial charge is 0.142 e. The van der Waals surface area contributed by atoms with Crippen LogP contribution in [0.25, 0.3) is 0 Å². The molecule has 1 aromatic carbocycles. The highest BCUT2D eigenvalue weighted by atomic mass is 35.5. The molecule has 1 saturated heterocycles. The molecule has 0 amide bonds. The Kier molecular flexibility index (Phi) is 4.37. The van der Waals surface area contributed by atoms with E-state index in [-0.39, 0.29) is 11.1 Å². The van der Waals surface area contributed by atoms with Crippen molar-refractivity contribution in [1.82, 2.24) is 0 Å². The highest BCUT2D eigenvalue weighted by Gasteiger charge is 2.17. The molecule has 1 aromatic rings. The number of nitrogens with two attached hydrogens (primary N) is 1. The van der Waals surface area contributed by atoms with Crippen molar-refractivity contribution >= 4 is 11.6 Å². The van der Waals surface area contributed by atoms with E-state index in [1.54, 1.807) is 12.1 Å². The van der Waals surface area contributed by atoms with Gasteiger partial charge in [-0.2, -0.15) is 0 Å². The lowest BCUT2D eigenvalue weighted by Gasteiger charge is -2.15. The van der Waals surface area contributed by atoms with Gasteiger partial charge in [-0.3, -0.25) is 0 Å². The largest absolute Gasteiger partial charge is 0.378 e. The topological polar surface area (TPSA) is 35.2 Å². The molecule has 1 aliphatic rings. The van der Waals surface area contributed by atoms with E-state index in [1.807, 2.05) is 0 Å². The molecule has 1 aliphatic heterocycles. The molecule has 0 bridgehead atoms. The first-order valence-electron chi connectivity index (χ1n) is 5.99. The average Bonchev–Trinajstić information content (AvgIpc) is 2.82. The Bertz CT molecular complexity index is 380. The van der Waals surface area contributed by atoms with E-state index in [1.165, 1.54) is 6.07 Å². The van der Waals surface area contributed by atoms with Crippen LogP contribution in [0.15, 0.2) is 18.2 Å². The predicted octanol–water partition coefficient (Wildman–Crippen LogP) is 3.44. The molecule has 0 spiro atoms. The van der Waals surface area contributed by atoms with Crippen LogP contribution < -0.4 is 5.73 Å². The molecular weight excluding hydrogens is 241 g/mol. The van der Waals surface area contributed by atoms with Crippen LogP contribution in [0, 0.1) is 5.82 Å². The Labute approximate surface area is 106 Å². The van der Waals surface area contributed by atoms with E-state index >= 15 is 0 Å². The summed E-state index contributed by atoms with van der Waals surface area (Å²) in [6.07, 6.45) is 4.33. The minimum atomic E-state index is -0.406. The van der Waals surface area contributed by atoms with Crippen LogP contribution in [0.3, 0.4) is 0 Å². The molecule has 0 aliphatic carbocycles. The van der Waals surface area contributed by atoms with Crippen molar-refractivity contribution in [2.45, 2.75) is 37.8 Å². The summed E-state index contributed by atoms with van der Waals surface area (Å²) in [7, 11) is 0. The number of hydrogen-bond acceptors (Lipinski definition) is 2. The summed E-state index contributed by atoms with van der Waals surface area (Å²) in [5.41, 5.74) is 6.82. The summed E-state index contributed by atoms with van der Waals surface area (Å²) >= 11 is 5.63. The maximum Gasteiger partial charge on any atom is 0.142 e. The van der Waals surface area contributed by atoms with Crippen LogP contribution in [0.2, 0.25) is 5.02 Å². The van der Waals surface area contributed by atoms with Crippen LogP contribution in [0.5, 0.6) is 0 Å². The molecule has 0 aromatic heterocycles. The van der Waals surface area contributed by atoms with Crippen molar-refractivity contribution in [3.8, 4) is 0 Å². The molecule has 2 N–H and O–H groups in total. The zero-order valence-electron chi connectivity index (χ0n) is 9.66. The molecule has 1 fully saturated rings. The molecule has 94 valence electrons. The minimum Gasteiger partial charge on any atom is -0.378 e. The second kappa shape index (κ2) is 5.80. The zero-order valence-corrected chi connectivity index (χ0v) is 10.4. The molecule has 17 heavy (non-hydrogen) atoms. The van der Waals surface area contributed by atoms with Gasteiger partial charge in [0.25, 0.3) is 0 Å². The predicted molar refractivity (Wildman–Crippen MR) is 66.5 cm³/mol. The van der Waals surface area contributed by atoms with Crippen molar-refractivity contribution in [2.24, 2.45) is 5.73 Å². The normalized spacial score (nSPS) is 21.7. The van der Waals surface area contributed by atoms with Gasteiger partial charge in [0.15, 0.2) is 0 Å². The van der Waals surface area contributed by atoms with Gasteiger partial charge in [-0.1, -0.05) is 17.7 Å². The summed E-state index contributed by atoms with van der Waals surface area (Å²) < 4.78 is 18.8. The zero-order chi connectivity index (χ0) is 12.3. The lowest BCUT2D eigenvalue weighted by Crippen LogP contribution is -2.14. The van der Waals surface area contributed by atoms with E-state index < -0.39 is 5.82 Å². The molecular formula is C13H17ClFNO. The fourth-order valence-corrected chi connectivity index (χ4v) is 2.26. The first-order valence-corrected chi connectivity index (χ1v) is 6.37. The summed E-state index contributed by atoms with van der Waals surface area (Å²) in [6.45, 7) is 0.857. The number of hydrogen-bond donors (Lipinski definition) is 1. The number of halogens is 2. The third-order valence-corrected chi connectivity index (χ3v) is 3.50. The Hall–Kier alpha value is -0.640. The first kappa shape index (κ1) is 12.8. The van der Waals surface area contributed by atoms with E-state index in [9.17, 15) is 4.39 Å². The summed E-state index contributed by atoms with van der Waals surface area (Å²) in [4.78, 5) is 0. The van der Waals surface area contributed by atoms with Crippen LogP contribution in [0.1, 0.15) is 37.3 Å². The number of ether oxygens (including phenoxy) is 1. The second-order valence-electron chi connectivity index (χ2n) is 4.49. The monoisotopic (exact) mass is 257 g/mol. The van der Waals surface area contributed by atoms with Gasteiger partial charge in [-0.25, -0.2) is 4.39 Å². The quantitative estimate of drug-likeness (QED) is 0.897. The molecule has 2 nitrogen and oxygen atoms in total. The molecule has 2 rings (SSSR count). The van der Waals surface area contributed by atoms with Crippen molar-refractivity contribution in [1.29, 1.82) is 0 Å². The molecule has 2 atom stereocenters. The fraction of sp³-hybridized carbons (Fsp3) is 0.538. The Morgan fingerprint density at radius 2 is 2.35 bits per heavy atom. The number of benzene rings is 1. The van der Waals surface area contributed by atoms with E-state index in [0.29, 0.717) is 6.10 Å². The molecule has 2 unspecified atom stereocenters. The standard InChI is InChI=1S/C13H17ClFNO/c14-11-5-3-9(8-12(11)15)13(16)6-4-10-2-1-7-17-10/h3,5,8,10,13H,1-2,4,6-7,16H2. The minimum absolute atomic E-state index is 0.139. The highest BCUT2D eigenvalue weighted by molar-refractivity contribution is 6.30. The van der Waals surface area contributed by atoms with Gasteiger partial charge < -0.3 is 10.5 Å². The molecule has 4 heteroatoms. The lowest BCUT2D eigenvalue weighted by atomic mass is 10.00. The van der Waals surface area contributed by atoms with Gasteiger partial charge in [-0.05, 0) is 43.4 Å². The first-order chi connectivity index (χ1) is 8.16. The SMILES string of the molecule is NC(CCC1CCCO1)c1ccc(Cl)c(F)c1. The number of rotatable bonds is 4. The lowest BCUT2D eigenvalue weighted by molar-refractivity contribution is 0.101. The van der Waals surface area contributed by atoms with Gasteiger partial charge in [0.05, 0.1) is 11.1 Å². The van der Waals surface area contributed by atoms with Gasteiger partial charge in [-0.15, -0.1) is 0 Å². The van der Waals surface area contributed by atoms with E-state index in [2.05, 4.69) is 0 Å². The second-order valence-corrected chi connectivity index (χ2v) is 4.90. The van der Waals surface area contributed by atoms with Crippen LogP contribution in [-0.4, -0.2) is 12.7 Å². The van der Waals surface area contributed by atoms with Gasteiger partial charge in [0, 0.05) is 12.6 Å². The van der Waals surface area contributed by atoms with Crippen LogP contribution in [0.4, 0.5) is 4.39 Å². The Morgan fingerprint density at radius 1 is 1.53 bits per heavy atom. The highest BCUT2D eigenvalue weighted by Crippen LogP contribution is 2.24. The van der Waals surface area contributed by atoms with Gasteiger partial charge >= 0.3 is 0 Å². The van der Waals surface area contributed by atoms with E-state index in [4.69, 9.17) is 22.1 Å². The molecule has 0 saturated carbocycles. The Balaban J connectivity index is 1.89. The third kappa shape index (κ3) is 3.41. The van der Waals surface area contributed by atoms with Gasteiger partial charge in [0.1, 0.15) is 5.82 Å². The van der Waals surface area contributed by atoms with Crippen molar-refractivity contribution in [2.75, 3.05) is 6.61 Å². The van der Waals surface area contributed by atoms with Crippen molar-refractivity contribution in [3.05, 3.63) is 34.6 Å². The van der Waals surface area contributed by atoms with Crippen molar-refractivity contribution in [3.63, 3.8) is 0 Å². The summed E-state index contributed by atoms with van der Waals surface area (Å²) in [5.74, 6) is -0.406. The van der Waals surface area contributed by atoms with E-state index in [0.717, 1.165) is 37.9 Å². The summed E-state index contributed by atoms with van der Waals surface area (Å²) in [5, 5.41) is 0.139. The van der Waals surface area contributed by atoms with Crippen LogP contribution >= 0.6 is 11.6 Å². The molecule has 0 radical (unpaired) electrons. The fourth-order valence-electron chi connectivity index (χ4n) is 2.15. The third-order valence-electron chi connectivity index (χ3n) is 3.20. The molecule has 1 heterocycles. The maximum atomic E-state index is 13.3. The Morgan fingerprint density at radius 3 is 3.00 bits per heavy atom.